The molecule has 11 heteroatoms. The van der Waals surface area contributed by atoms with Crippen molar-refractivity contribution in [2.75, 3.05) is 14.1 Å². The predicted octanol–water partition coefficient (Wildman–Crippen LogP) is 1.30. The van der Waals surface area contributed by atoms with Crippen LogP contribution in [0.5, 0.6) is 5.75 Å². The summed E-state index contributed by atoms with van der Waals surface area (Å²) in [6, 6.07) is 7.05. The molecule has 11 nitrogen and oxygen atoms in total. The molecule has 2 aliphatic rings. The number of rotatable bonds is 4. The van der Waals surface area contributed by atoms with Gasteiger partial charge in [0, 0.05) is 28.6 Å². The van der Waals surface area contributed by atoms with Gasteiger partial charge in [-0.3, -0.25) is 4.79 Å². The molecule has 1 unspecified atom stereocenters. The molecular weight excluding hydrogens is 482 g/mol. The second kappa shape index (κ2) is 9.58. The number of phenolic OH excluding ortho intramolecular Hbond substituents is 1. The van der Waals surface area contributed by atoms with Crippen molar-refractivity contribution in [2.24, 2.45) is 0 Å². The maximum Gasteiger partial charge on any atom is 0.343 e. The number of benzene rings is 1. The van der Waals surface area contributed by atoms with Gasteiger partial charge in [0.1, 0.15) is 18.5 Å². The van der Waals surface area contributed by atoms with Gasteiger partial charge in [-0.1, -0.05) is 6.92 Å². The van der Waals surface area contributed by atoms with Crippen LogP contribution in [0.4, 0.5) is 0 Å². The number of hydrogen-bond acceptors (Lipinski definition) is 9. The lowest BCUT2D eigenvalue weighted by molar-refractivity contribution is -0.172. The molecule has 37 heavy (non-hydrogen) atoms. The molecule has 2 aromatic heterocycles. The van der Waals surface area contributed by atoms with Crippen LogP contribution >= 0.6 is 0 Å². The van der Waals surface area contributed by atoms with Gasteiger partial charge < -0.3 is 34.6 Å². The lowest BCUT2D eigenvalue weighted by Gasteiger charge is -2.31. The molecule has 0 saturated heterocycles. The van der Waals surface area contributed by atoms with Gasteiger partial charge >= 0.3 is 11.9 Å². The number of carbonyl (C=O) groups is 2. The van der Waals surface area contributed by atoms with E-state index in [4.69, 9.17) is 19.9 Å². The van der Waals surface area contributed by atoms with Gasteiger partial charge in [-0.25, -0.2) is 14.6 Å². The van der Waals surface area contributed by atoms with Crippen molar-refractivity contribution in [1.29, 1.82) is 0 Å². The smallest absolute Gasteiger partial charge is 0.343 e. The van der Waals surface area contributed by atoms with Crippen LogP contribution in [0.2, 0.25) is 0 Å². The van der Waals surface area contributed by atoms with Crippen molar-refractivity contribution in [2.45, 2.75) is 51.7 Å². The highest BCUT2D eigenvalue weighted by molar-refractivity contribution is 5.89. The van der Waals surface area contributed by atoms with Gasteiger partial charge in [0.2, 0.25) is 0 Å². The Bertz CT molecular complexity index is 1480. The third-order valence-electron chi connectivity index (χ3n) is 6.61. The van der Waals surface area contributed by atoms with E-state index in [9.17, 15) is 24.6 Å². The van der Waals surface area contributed by atoms with E-state index in [1.54, 1.807) is 29.7 Å². The molecule has 2 atom stereocenters. The maximum absolute atomic E-state index is 13.2. The number of nitrogens with zero attached hydrogens (tertiary/aromatic N) is 3. The van der Waals surface area contributed by atoms with Crippen molar-refractivity contribution >= 4 is 22.8 Å². The van der Waals surface area contributed by atoms with Gasteiger partial charge in [-0.05, 0) is 51.7 Å². The predicted molar refractivity (Wildman–Crippen MR) is 133 cm³/mol. The Morgan fingerprint density at radius 2 is 1.95 bits per heavy atom. The molecule has 0 radical (unpaired) electrons. The fourth-order valence-corrected chi connectivity index (χ4v) is 4.58. The van der Waals surface area contributed by atoms with Crippen LogP contribution < -0.4 is 5.56 Å². The number of aliphatic hydroxyl groups is 2. The number of pyridine rings is 2. The Morgan fingerprint density at radius 1 is 1.27 bits per heavy atom. The van der Waals surface area contributed by atoms with E-state index < -0.39 is 23.6 Å². The van der Waals surface area contributed by atoms with E-state index in [0.29, 0.717) is 41.1 Å². The van der Waals surface area contributed by atoms with Crippen LogP contribution in [0, 0.1) is 0 Å². The summed E-state index contributed by atoms with van der Waals surface area (Å²) in [5.74, 6) is -1.72. The quantitative estimate of drug-likeness (QED) is 0.294. The summed E-state index contributed by atoms with van der Waals surface area (Å²) in [4.78, 5) is 41.7. The molecule has 3 aromatic rings. The lowest BCUT2D eigenvalue weighted by Crippen LogP contribution is -2.44. The summed E-state index contributed by atoms with van der Waals surface area (Å²) in [7, 11) is 3.86. The summed E-state index contributed by atoms with van der Waals surface area (Å²) in [5.41, 5.74) is 2.03. The van der Waals surface area contributed by atoms with E-state index in [0.717, 1.165) is 16.5 Å². The van der Waals surface area contributed by atoms with Crippen LogP contribution in [0.1, 0.15) is 42.5 Å². The molecule has 0 fully saturated rings. The van der Waals surface area contributed by atoms with Crippen molar-refractivity contribution in [3.05, 3.63) is 56.9 Å². The Kier molecular flexibility index (Phi) is 6.80. The number of hydrogen-bond donors (Lipinski definition) is 4. The number of cyclic esters (lactones) is 1. The topological polar surface area (TPSA) is 162 Å². The number of carboxylic acids is 1. The van der Waals surface area contributed by atoms with Gasteiger partial charge in [0.25, 0.3) is 5.56 Å². The zero-order valence-electron chi connectivity index (χ0n) is 21.0. The number of ether oxygens (including phenoxy) is 1. The number of carboxylic acid groups (broad SMARTS) is 1. The molecule has 4 heterocycles. The minimum Gasteiger partial charge on any atom is -0.508 e. The van der Waals surface area contributed by atoms with Gasteiger partial charge in [0.15, 0.2) is 5.60 Å². The first-order chi connectivity index (χ1) is 17.4. The zero-order chi connectivity index (χ0) is 27.2. The van der Waals surface area contributed by atoms with Crippen molar-refractivity contribution in [3.8, 4) is 17.1 Å². The highest BCUT2D eigenvalue weighted by Gasteiger charge is 2.45. The van der Waals surface area contributed by atoms with Crippen molar-refractivity contribution in [1.82, 2.24) is 14.5 Å². The van der Waals surface area contributed by atoms with Crippen LogP contribution in [-0.2, 0) is 39.6 Å². The van der Waals surface area contributed by atoms with E-state index >= 15 is 0 Å². The van der Waals surface area contributed by atoms with Crippen molar-refractivity contribution in [3.63, 3.8) is 0 Å². The first-order valence-electron chi connectivity index (χ1n) is 11.8. The summed E-state index contributed by atoms with van der Waals surface area (Å²) in [5, 5.41) is 38.0. The molecule has 4 N–H and O–H groups in total. The number of phenols is 1. The van der Waals surface area contributed by atoms with Gasteiger partial charge in [0.05, 0.1) is 29.0 Å². The van der Waals surface area contributed by atoms with E-state index in [1.807, 2.05) is 25.1 Å². The van der Waals surface area contributed by atoms with Crippen LogP contribution in [-0.4, -0.2) is 67.0 Å². The lowest BCUT2D eigenvalue weighted by atomic mass is 9.86. The monoisotopic (exact) mass is 511 g/mol. The summed E-state index contributed by atoms with van der Waals surface area (Å²) in [6.45, 7) is 3.60. The molecule has 2 aliphatic heterocycles. The summed E-state index contributed by atoms with van der Waals surface area (Å²) in [6.07, 6.45) is -1.13. The second-order valence-electron chi connectivity index (χ2n) is 9.48. The molecule has 5 rings (SSSR count). The average molecular weight is 512 g/mol. The Hall–Kier alpha value is -3.80. The molecule has 0 bridgehead atoms. The highest BCUT2D eigenvalue weighted by atomic mass is 16.6. The highest BCUT2D eigenvalue weighted by Crippen LogP contribution is 2.39. The fourth-order valence-electron chi connectivity index (χ4n) is 4.58. The molecule has 196 valence electrons. The Balaban J connectivity index is 0.000000480. The minimum absolute atomic E-state index is 0.104. The minimum atomic E-state index is -1.84. The van der Waals surface area contributed by atoms with E-state index in [1.165, 1.54) is 6.92 Å². The second-order valence-corrected chi connectivity index (χ2v) is 9.48. The number of carbonyl (C=O) groups excluding carboxylic acids is 1. The normalized spacial score (nSPS) is 18.4. The molecule has 0 saturated carbocycles. The number of aromatic hydroxyl groups is 1. The number of aromatic nitrogens is 2. The molecule has 0 aliphatic carbocycles. The number of aliphatic carboxylic acids is 1. The van der Waals surface area contributed by atoms with Crippen LogP contribution in [0.25, 0.3) is 22.3 Å². The standard InChI is InChI=1S/C23H23N3O5.C3H6O3/c1-4-23(30)16-8-18-20-12(9-26(18)21(28)15(16)11-31-22(23)29)7-13-14(10-25(2)3)19(27)6-5-17(13)24-20;1-2(4)3(5)6/h5-8,27,30H,4,9-11H2,1-3H3;2,4H,1H3,(H,5,6)/t23-;/m0./s1. The maximum atomic E-state index is 13.2. The molecule has 0 amide bonds. The fraction of sp³-hybridized carbons (Fsp3) is 0.385. The first kappa shape index (κ1) is 26.3. The van der Waals surface area contributed by atoms with Crippen LogP contribution in [0.15, 0.2) is 29.1 Å². The number of esters is 1. The van der Waals surface area contributed by atoms with Gasteiger partial charge in [-0.15, -0.1) is 0 Å². The third kappa shape index (κ3) is 4.45. The Morgan fingerprint density at radius 3 is 2.54 bits per heavy atom. The van der Waals surface area contributed by atoms with E-state index in [2.05, 4.69) is 0 Å². The summed E-state index contributed by atoms with van der Waals surface area (Å²) < 4.78 is 6.71. The Labute approximate surface area is 212 Å². The molecular formula is C26H29N3O8. The van der Waals surface area contributed by atoms with Crippen molar-refractivity contribution < 1.29 is 34.8 Å². The first-order valence-corrected chi connectivity index (χ1v) is 11.8. The molecule has 0 spiro atoms. The SMILES string of the molecule is CC(O)C(=O)O.CC[C@@]1(O)C(=O)OCc2c1cc1n(c2=O)Cc2cc3c(CN(C)C)c(O)ccc3nc2-1. The number of fused-ring (bicyclic) bond motifs is 5. The largest absolute Gasteiger partial charge is 0.508 e. The summed E-state index contributed by atoms with van der Waals surface area (Å²) >= 11 is 0. The van der Waals surface area contributed by atoms with E-state index in [-0.39, 0.29) is 24.3 Å². The number of aliphatic hydroxyl groups excluding tert-OH is 1. The average Bonchev–Trinajstić information content (AvgIpc) is 3.20. The molecule has 1 aromatic carbocycles. The van der Waals surface area contributed by atoms with Crippen LogP contribution in [0.3, 0.4) is 0 Å². The zero-order valence-corrected chi connectivity index (χ0v) is 21.0. The van der Waals surface area contributed by atoms with Gasteiger partial charge in [-0.2, -0.15) is 0 Å². The third-order valence-corrected chi connectivity index (χ3v) is 6.61.